The number of hydrogen-bond acceptors (Lipinski definition) is 3. The normalized spacial score (nSPS) is 14.3. The van der Waals surface area contributed by atoms with Gasteiger partial charge >= 0.3 is 0 Å². The van der Waals surface area contributed by atoms with E-state index in [9.17, 15) is 0 Å². The third-order valence-electron chi connectivity index (χ3n) is 3.63. The molecule has 1 fully saturated rings. The SMILES string of the molecule is CCNc1nc(C2CC2)nc(-c2cc(Cl)ccc2Cl)c1C. The Kier molecular flexibility index (Phi) is 4.05. The van der Waals surface area contributed by atoms with Crippen molar-refractivity contribution in [1.29, 1.82) is 0 Å². The van der Waals surface area contributed by atoms with E-state index in [-0.39, 0.29) is 0 Å². The first-order valence-corrected chi connectivity index (χ1v) is 7.93. The van der Waals surface area contributed by atoms with Crippen LogP contribution in [-0.4, -0.2) is 16.5 Å². The first-order valence-electron chi connectivity index (χ1n) is 7.18. The lowest BCUT2D eigenvalue weighted by Gasteiger charge is -2.14. The summed E-state index contributed by atoms with van der Waals surface area (Å²) < 4.78 is 0. The number of nitrogens with one attached hydrogen (secondary N) is 1. The molecule has 0 radical (unpaired) electrons. The Morgan fingerprint density at radius 1 is 1.24 bits per heavy atom. The van der Waals surface area contributed by atoms with Crippen molar-refractivity contribution in [2.45, 2.75) is 32.6 Å². The average molecular weight is 322 g/mol. The Morgan fingerprint density at radius 2 is 2.00 bits per heavy atom. The highest BCUT2D eigenvalue weighted by molar-refractivity contribution is 6.35. The maximum absolute atomic E-state index is 6.34. The van der Waals surface area contributed by atoms with E-state index in [4.69, 9.17) is 28.2 Å². The average Bonchev–Trinajstić information content (AvgIpc) is 3.29. The van der Waals surface area contributed by atoms with Gasteiger partial charge < -0.3 is 5.32 Å². The number of hydrogen-bond donors (Lipinski definition) is 1. The van der Waals surface area contributed by atoms with Gasteiger partial charge in [0.1, 0.15) is 11.6 Å². The summed E-state index contributed by atoms with van der Waals surface area (Å²) in [5, 5.41) is 4.63. The van der Waals surface area contributed by atoms with Gasteiger partial charge in [-0.05, 0) is 44.9 Å². The number of rotatable bonds is 4. The van der Waals surface area contributed by atoms with Crippen molar-refractivity contribution in [1.82, 2.24) is 9.97 Å². The van der Waals surface area contributed by atoms with E-state index in [0.717, 1.165) is 47.8 Å². The van der Waals surface area contributed by atoms with Crippen molar-refractivity contribution in [3.63, 3.8) is 0 Å². The molecule has 1 aromatic heterocycles. The molecular formula is C16H17Cl2N3. The molecule has 1 aliphatic rings. The molecule has 5 heteroatoms. The van der Waals surface area contributed by atoms with Crippen LogP contribution in [0.5, 0.6) is 0 Å². The second kappa shape index (κ2) is 5.82. The Labute approximate surface area is 134 Å². The minimum atomic E-state index is 0.486. The van der Waals surface area contributed by atoms with Gasteiger partial charge in [-0.25, -0.2) is 9.97 Å². The van der Waals surface area contributed by atoms with Gasteiger partial charge in [0.2, 0.25) is 0 Å². The molecule has 2 aromatic rings. The molecule has 110 valence electrons. The molecule has 1 aliphatic carbocycles. The van der Waals surface area contributed by atoms with E-state index < -0.39 is 0 Å². The van der Waals surface area contributed by atoms with Crippen LogP contribution in [-0.2, 0) is 0 Å². The summed E-state index contributed by atoms with van der Waals surface area (Å²) in [7, 11) is 0. The summed E-state index contributed by atoms with van der Waals surface area (Å²) in [5.74, 6) is 2.28. The van der Waals surface area contributed by atoms with Gasteiger partial charge in [0, 0.05) is 28.6 Å². The molecule has 0 amide bonds. The zero-order chi connectivity index (χ0) is 15.0. The Bertz CT molecular complexity index is 681. The van der Waals surface area contributed by atoms with Gasteiger partial charge in [0.25, 0.3) is 0 Å². The molecule has 0 saturated heterocycles. The van der Waals surface area contributed by atoms with Crippen LogP contribution in [0.25, 0.3) is 11.3 Å². The molecule has 1 saturated carbocycles. The van der Waals surface area contributed by atoms with E-state index in [2.05, 4.69) is 17.2 Å². The maximum Gasteiger partial charge on any atom is 0.134 e. The second-order valence-electron chi connectivity index (χ2n) is 5.33. The van der Waals surface area contributed by atoms with Crippen LogP contribution in [0.2, 0.25) is 10.0 Å². The van der Waals surface area contributed by atoms with Crippen molar-refractivity contribution in [3.8, 4) is 11.3 Å². The third-order valence-corrected chi connectivity index (χ3v) is 4.20. The van der Waals surface area contributed by atoms with E-state index in [1.54, 1.807) is 6.07 Å². The molecule has 1 heterocycles. The van der Waals surface area contributed by atoms with E-state index in [1.807, 2.05) is 19.1 Å². The first-order chi connectivity index (χ1) is 10.1. The van der Waals surface area contributed by atoms with Crippen molar-refractivity contribution >= 4 is 29.0 Å². The standard InChI is InChI=1S/C16H17Cl2N3/c1-3-19-15-9(2)14(20-16(21-15)10-4-5-10)12-8-11(17)6-7-13(12)18/h6-8,10H,3-5H2,1-2H3,(H,19,20,21). The van der Waals surface area contributed by atoms with Gasteiger partial charge in [0.15, 0.2) is 0 Å². The van der Waals surface area contributed by atoms with Crippen molar-refractivity contribution in [2.24, 2.45) is 0 Å². The Hall–Kier alpha value is -1.32. The molecule has 3 rings (SSSR count). The van der Waals surface area contributed by atoms with Crippen molar-refractivity contribution in [3.05, 3.63) is 39.6 Å². The summed E-state index contributed by atoms with van der Waals surface area (Å²) in [5.41, 5.74) is 2.74. The van der Waals surface area contributed by atoms with Gasteiger partial charge in [-0.15, -0.1) is 0 Å². The first kappa shape index (κ1) is 14.6. The van der Waals surface area contributed by atoms with Crippen LogP contribution < -0.4 is 5.32 Å². The van der Waals surface area contributed by atoms with E-state index in [1.165, 1.54) is 0 Å². The Morgan fingerprint density at radius 3 is 2.67 bits per heavy atom. The van der Waals surface area contributed by atoms with Crippen LogP contribution in [0.15, 0.2) is 18.2 Å². The third kappa shape index (κ3) is 2.99. The predicted molar refractivity (Wildman–Crippen MR) is 88.4 cm³/mol. The predicted octanol–water partition coefficient (Wildman–Crippen LogP) is 5.07. The lowest BCUT2D eigenvalue weighted by Crippen LogP contribution is -2.07. The summed E-state index contributed by atoms with van der Waals surface area (Å²) in [6, 6.07) is 5.47. The highest BCUT2D eigenvalue weighted by Gasteiger charge is 2.28. The molecule has 1 aromatic carbocycles. The molecule has 3 nitrogen and oxygen atoms in total. The van der Waals surface area contributed by atoms with Crippen LogP contribution in [0.4, 0.5) is 5.82 Å². The summed E-state index contributed by atoms with van der Waals surface area (Å²) in [4.78, 5) is 9.42. The number of nitrogens with zero attached hydrogens (tertiary/aromatic N) is 2. The highest BCUT2D eigenvalue weighted by Crippen LogP contribution is 2.41. The maximum atomic E-state index is 6.34. The van der Waals surface area contributed by atoms with Crippen molar-refractivity contribution in [2.75, 3.05) is 11.9 Å². The minimum Gasteiger partial charge on any atom is -0.370 e. The van der Waals surface area contributed by atoms with E-state index in [0.29, 0.717) is 16.0 Å². The monoisotopic (exact) mass is 321 g/mol. The summed E-state index contributed by atoms with van der Waals surface area (Å²) in [6.45, 7) is 4.90. The quantitative estimate of drug-likeness (QED) is 0.854. The van der Waals surface area contributed by atoms with Gasteiger partial charge in [-0.1, -0.05) is 23.2 Å². The van der Waals surface area contributed by atoms with Gasteiger partial charge in [-0.3, -0.25) is 0 Å². The number of aromatic nitrogens is 2. The van der Waals surface area contributed by atoms with Crippen LogP contribution >= 0.6 is 23.2 Å². The fraction of sp³-hybridized carbons (Fsp3) is 0.375. The Balaban J connectivity index is 2.17. The number of benzene rings is 1. The smallest absolute Gasteiger partial charge is 0.134 e. The topological polar surface area (TPSA) is 37.8 Å². The summed E-state index contributed by atoms with van der Waals surface area (Å²) in [6.07, 6.45) is 2.33. The molecule has 0 aliphatic heterocycles. The number of anilines is 1. The van der Waals surface area contributed by atoms with Crippen LogP contribution in [0.1, 0.15) is 37.1 Å². The zero-order valence-electron chi connectivity index (χ0n) is 12.1. The molecule has 0 unspecified atom stereocenters. The fourth-order valence-corrected chi connectivity index (χ4v) is 2.72. The molecule has 1 N–H and O–H groups in total. The molecule has 21 heavy (non-hydrogen) atoms. The number of halogens is 2. The van der Waals surface area contributed by atoms with Crippen LogP contribution in [0, 0.1) is 6.92 Å². The van der Waals surface area contributed by atoms with E-state index >= 15 is 0 Å². The highest BCUT2D eigenvalue weighted by atomic mass is 35.5. The second-order valence-corrected chi connectivity index (χ2v) is 6.18. The molecule has 0 bridgehead atoms. The van der Waals surface area contributed by atoms with Crippen molar-refractivity contribution < 1.29 is 0 Å². The largest absolute Gasteiger partial charge is 0.370 e. The minimum absolute atomic E-state index is 0.486. The molecular weight excluding hydrogens is 305 g/mol. The molecule has 0 atom stereocenters. The summed E-state index contributed by atoms with van der Waals surface area (Å²) >= 11 is 12.5. The van der Waals surface area contributed by atoms with Gasteiger partial charge in [0.05, 0.1) is 10.7 Å². The van der Waals surface area contributed by atoms with Gasteiger partial charge in [-0.2, -0.15) is 0 Å². The van der Waals surface area contributed by atoms with Crippen LogP contribution in [0.3, 0.4) is 0 Å². The lowest BCUT2D eigenvalue weighted by molar-refractivity contribution is 0.918. The fourth-order valence-electron chi connectivity index (χ4n) is 2.34. The lowest BCUT2D eigenvalue weighted by atomic mass is 10.1. The molecule has 0 spiro atoms. The zero-order valence-corrected chi connectivity index (χ0v) is 13.6.